The van der Waals surface area contributed by atoms with Gasteiger partial charge in [0.15, 0.2) is 17.0 Å². The van der Waals surface area contributed by atoms with Crippen molar-refractivity contribution in [2.45, 2.75) is 25.3 Å². The number of carbonyl (C=O) groups is 1. The third-order valence-corrected chi connectivity index (χ3v) is 5.95. The molecule has 29 heavy (non-hydrogen) atoms. The van der Waals surface area contributed by atoms with Crippen LogP contribution in [-0.2, 0) is 30.2 Å². The summed E-state index contributed by atoms with van der Waals surface area (Å²) in [6, 6.07) is 11.9. The van der Waals surface area contributed by atoms with Gasteiger partial charge in [-0.3, -0.25) is 5.32 Å². The lowest BCUT2D eigenvalue weighted by molar-refractivity contribution is -0.146. The SMILES string of the molecule is COc1ccc(CC2(C(=O)O)NCCc3c2n(C)c2ccc(C)cc32)cc1OC. The van der Waals surface area contributed by atoms with E-state index in [1.807, 2.05) is 29.8 Å². The Hall–Kier alpha value is -2.99. The molecule has 2 heterocycles. The molecule has 1 aliphatic heterocycles. The summed E-state index contributed by atoms with van der Waals surface area (Å²) in [6.07, 6.45) is 1.11. The Morgan fingerprint density at radius 2 is 1.93 bits per heavy atom. The normalized spacial score (nSPS) is 18.5. The van der Waals surface area contributed by atoms with Crippen LogP contribution in [0.1, 0.15) is 22.4 Å². The molecule has 0 amide bonds. The van der Waals surface area contributed by atoms with E-state index in [1.165, 1.54) is 5.56 Å². The Morgan fingerprint density at radius 3 is 2.62 bits per heavy atom. The molecule has 1 aliphatic rings. The molecule has 152 valence electrons. The van der Waals surface area contributed by atoms with Crippen molar-refractivity contribution in [3.05, 3.63) is 58.8 Å². The summed E-state index contributed by atoms with van der Waals surface area (Å²) in [7, 11) is 5.12. The summed E-state index contributed by atoms with van der Waals surface area (Å²) in [5.74, 6) is 0.336. The highest BCUT2D eigenvalue weighted by atomic mass is 16.5. The molecule has 1 unspecified atom stereocenters. The number of aromatic nitrogens is 1. The van der Waals surface area contributed by atoms with Gasteiger partial charge in [0.05, 0.1) is 19.9 Å². The number of fused-ring (bicyclic) bond motifs is 3. The minimum Gasteiger partial charge on any atom is -0.493 e. The second kappa shape index (κ2) is 7.12. The molecule has 0 aliphatic carbocycles. The Bertz CT molecular complexity index is 1100. The van der Waals surface area contributed by atoms with Crippen molar-refractivity contribution in [1.82, 2.24) is 9.88 Å². The number of ether oxygens (including phenoxy) is 2. The van der Waals surface area contributed by atoms with E-state index in [0.717, 1.165) is 34.1 Å². The second-order valence-electron chi connectivity index (χ2n) is 7.66. The number of carboxylic acid groups (broad SMARTS) is 1. The van der Waals surface area contributed by atoms with Gasteiger partial charge in [0.25, 0.3) is 0 Å². The lowest BCUT2D eigenvalue weighted by atomic mass is 9.81. The van der Waals surface area contributed by atoms with Gasteiger partial charge in [-0.1, -0.05) is 17.7 Å². The number of aliphatic carboxylic acids is 1. The summed E-state index contributed by atoms with van der Waals surface area (Å²) in [6.45, 7) is 2.67. The van der Waals surface area contributed by atoms with Gasteiger partial charge in [0, 0.05) is 30.9 Å². The molecule has 0 radical (unpaired) electrons. The maximum Gasteiger partial charge on any atom is 0.330 e. The zero-order chi connectivity index (χ0) is 20.8. The maximum atomic E-state index is 12.7. The van der Waals surface area contributed by atoms with Gasteiger partial charge in [-0.05, 0) is 48.7 Å². The Morgan fingerprint density at radius 1 is 1.17 bits per heavy atom. The predicted octanol–water partition coefficient (Wildman–Crippen LogP) is 3.17. The molecular formula is C23H26N2O4. The number of nitrogens with zero attached hydrogens (tertiary/aromatic N) is 1. The lowest BCUT2D eigenvalue weighted by Crippen LogP contribution is -2.55. The van der Waals surface area contributed by atoms with Crippen LogP contribution in [0.2, 0.25) is 0 Å². The molecule has 6 nitrogen and oxygen atoms in total. The predicted molar refractivity (Wildman–Crippen MR) is 112 cm³/mol. The zero-order valence-electron chi connectivity index (χ0n) is 17.2. The molecule has 6 heteroatoms. The van der Waals surface area contributed by atoms with Gasteiger partial charge in [-0.25, -0.2) is 4.79 Å². The van der Waals surface area contributed by atoms with Crippen LogP contribution in [0.15, 0.2) is 36.4 Å². The minimum atomic E-state index is -1.21. The first kappa shape index (κ1) is 19.3. The quantitative estimate of drug-likeness (QED) is 0.695. The number of rotatable bonds is 5. The molecule has 0 saturated carbocycles. The number of hydrogen-bond acceptors (Lipinski definition) is 4. The molecule has 0 bridgehead atoms. The molecule has 0 fully saturated rings. The van der Waals surface area contributed by atoms with Crippen LogP contribution >= 0.6 is 0 Å². The Balaban J connectivity index is 1.90. The highest BCUT2D eigenvalue weighted by molar-refractivity contribution is 5.91. The van der Waals surface area contributed by atoms with Crippen LogP contribution in [-0.4, -0.2) is 36.4 Å². The number of carboxylic acids is 1. The van der Waals surface area contributed by atoms with Crippen LogP contribution in [0.25, 0.3) is 10.9 Å². The van der Waals surface area contributed by atoms with E-state index in [1.54, 1.807) is 14.2 Å². The van der Waals surface area contributed by atoms with Crippen molar-refractivity contribution >= 4 is 16.9 Å². The van der Waals surface area contributed by atoms with E-state index in [-0.39, 0.29) is 0 Å². The van der Waals surface area contributed by atoms with Gasteiger partial charge in [0.1, 0.15) is 0 Å². The Kier molecular flexibility index (Phi) is 4.74. The summed E-state index contributed by atoms with van der Waals surface area (Å²) in [4.78, 5) is 12.7. The van der Waals surface area contributed by atoms with Crippen molar-refractivity contribution in [2.24, 2.45) is 7.05 Å². The fourth-order valence-corrected chi connectivity index (χ4v) is 4.61. The largest absolute Gasteiger partial charge is 0.493 e. The molecule has 1 atom stereocenters. The number of aryl methyl sites for hydroxylation is 2. The van der Waals surface area contributed by atoms with Crippen molar-refractivity contribution in [2.75, 3.05) is 20.8 Å². The van der Waals surface area contributed by atoms with E-state index in [0.29, 0.717) is 24.5 Å². The molecule has 0 saturated heterocycles. The molecule has 4 rings (SSSR count). The van der Waals surface area contributed by atoms with Crippen molar-refractivity contribution in [3.8, 4) is 11.5 Å². The van der Waals surface area contributed by atoms with E-state index < -0.39 is 11.5 Å². The number of benzene rings is 2. The summed E-state index contributed by atoms with van der Waals surface area (Å²) < 4.78 is 12.8. The van der Waals surface area contributed by atoms with E-state index >= 15 is 0 Å². The Labute approximate surface area is 170 Å². The topological polar surface area (TPSA) is 72.7 Å². The van der Waals surface area contributed by atoms with Gasteiger partial charge < -0.3 is 19.1 Å². The van der Waals surface area contributed by atoms with Crippen molar-refractivity contribution in [3.63, 3.8) is 0 Å². The third-order valence-electron chi connectivity index (χ3n) is 5.95. The van der Waals surface area contributed by atoms with Crippen LogP contribution < -0.4 is 14.8 Å². The first-order valence-electron chi connectivity index (χ1n) is 9.69. The summed E-state index contributed by atoms with van der Waals surface area (Å²) >= 11 is 0. The van der Waals surface area contributed by atoms with Gasteiger partial charge >= 0.3 is 5.97 Å². The van der Waals surface area contributed by atoms with Crippen LogP contribution in [0.4, 0.5) is 0 Å². The maximum absolute atomic E-state index is 12.7. The lowest BCUT2D eigenvalue weighted by Gasteiger charge is -2.36. The van der Waals surface area contributed by atoms with Crippen molar-refractivity contribution < 1.29 is 19.4 Å². The fourth-order valence-electron chi connectivity index (χ4n) is 4.61. The average Bonchev–Trinajstić information content (AvgIpc) is 3.00. The van der Waals surface area contributed by atoms with Crippen molar-refractivity contribution in [1.29, 1.82) is 0 Å². The molecule has 0 spiro atoms. The van der Waals surface area contributed by atoms with Crippen LogP contribution in [0, 0.1) is 6.92 Å². The standard InChI is InChI=1S/C23H26N2O4/c1-14-5-7-18-17(11-14)16-9-10-24-23(22(26)27,21(16)25(18)2)13-15-6-8-19(28-3)20(12-15)29-4/h5-8,11-12,24H,9-10,13H2,1-4H3,(H,26,27). The van der Waals surface area contributed by atoms with E-state index in [2.05, 4.69) is 30.4 Å². The number of methoxy groups -OCH3 is 2. The fraction of sp³-hybridized carbons (Fsp3) is 0.348. The van der Waals surface area contributed by atoms with Gasteiger partial charge in [0.2, 0.25) is 0 Å². The first-order valence-corrected chi connectivity index (χ1v) is 9.69. The van der Waals surface area contributed by atoms with E-state index in [4.69, 9.17) is 9.47 Å². The average molecular weight is 394 g/mol. The minimum absolute atomic E-state index is 0.304. The molecular weight excluding hydrogens is 368 g/mol. The molecule has 2 N–H and O–H groups in total. The van der Waals surface area contributed by atoms with Gasteiger partial charge in [-0.2, -0.15) is 0 Å². The molecule has 3 aromatic rings. The first-order chi connectivity index (χ1) is 13.9. The second-order valence-corrected chi connectivity index (χ2v) is 7.66. The summed E-state index contributed by atoms with van der Waals surface area (Å²) in [5.41, 5.74) is 3.83. The smallest absolute Gasteiger partial charge is 0.330 e. The molecule has 1 aromatic heterocycles. The van der Waals surface area contributed by atoms with Crippen LogP contribution in [0.5, 0.6) is 11.5 Å². The highest BCUT2D eigenvalue weighted by Gasteiger charge is 2.46. The number of hydrogen-bond donors (Lipinski definition) is 2. The summed E-state index contributed by atoms with van der Waals surface area (Å²) in [5, 5.41) is 14.9. The number of nitrogens with one attached hydrogen (secondary N) is 1. The van der Waals surface area contributed by atoms with E-state index in [9.17, 15) is 9.90 Å². The van der Waals surface area contributed by atoms with Gasteiger partial charge in [-0.15, -0.1) is 0 Å². The van der Waals surface area contributed by atoms with Crippen LogP contribution in [0.3, 0.4) is 0 Å². The highest BCUT2D eigenvalue weighted by Crippen LogP contribution is 2.39. The monoisotopic (exact) mass is 394 g/mol. The molecule has 2 aromatic carbocycles. The zero-order valence-corrected chi connectivity index (χ0v) is 17.2. The third kappa shape index (κ3) is 2.95.